The number of aromatic nitrogens is 1. The highest BCUT2D eigenvalue weighted by Gasteiger charge is 2.13. The maximum Gasteiger partial charge on any atom is 0.256 e. The molecule has 0 aliphatic rings. The van der Waals surface area contributed by atoms with E-state index in [4.69, 9.17) is 4.74 Å². The smallest absolute Gasteiger partial charge is 0.256 e. The van der Waals surface area contributed by atoms with E-state index in [0.717, 1.165) is 11.1 Å². The molecule has 0 atom stereocenters. The second-order valence-corrected chi connectivity index (χ2v) is 5.36. The first-order valence-electron chi connectivity index (χ1n) is 7.89. The molecule has 0 saturated heterocycles. The number of rotatable bonds is 5. The molecule has 1 amide bonds. The van der Waals surface area contributed by atoms with Crippen LogP contribution in [0.15, 0.2) is 79.1 Å². The Morgan fingerprint density at radius 1 is 0.960 bits per heavy atom. The van der Waals surface area contributed by atoms with Gasteiger partial charge in [-0.05, 0) is 29.8 Å². The molecule has 1 N–H and O–H groups in total. The molecule has 2 aromatic carbocycles. The maximum atomic E-state index is 12.9. The summed E-state index contributed by atoms with van der Waals surface area (Å²) in [5.41, 5.74) is 2.93. The third-order valence-electron chi connectivity index (χ3n) is 3.71. The van der Waals surface area contributed by atoms with E-state index in [9.17, 15) is 4.79 Å². The molecule has 3 aromatic rings. The topological polar surface area (TPSA) is 51.2 Å². The van der Waals surface area contributed by atoms with Crippen molar-refractivity contribution in [3.63, 3.8) is 0 Å². The van der Waals surface area contributed by atoms with Gasteiger partial charge in [0.2, 0.25) is 0 Å². The minimum atomic E-state index is -0.191. The van der Waals surface area contributed by atoms with Gasteiger partial charge in [0.15, 0.2) is 0 Å². The summed E-state index contributed by atoms with van der Waals surface area (Å²) in [6.45, 7) is 0. The van der Waals surface area contributed by atoms with Crippen LogP contribution in [0.4, 0.5) is 5.69 Å². The van der Waals surface area contributed by atoms with Crippen LogP contribution >= 0.6 is 0 Å². The van der Waals surface area contributed by atoms with Crippen LogP contribution < -0.4 is 10.1 Å². The molecule has 0 bridgehead atoms. The Bertz CT molecular complexity index is 875. The van der Waals surface area contributed by atoms with Gasteiger partial charge in [-0.2, -0.15) is 0 Å². The van der Waals surface area contributed by atoms with E-state index in [1.54, 1.807) is 31.6 Å². The van der Waals surface area contributed by atoms with E-state index < -0.39 is 0 Å². The molecule has 0 unspecified atom stereocenters. The molecular weight excluding hydrogens is 312 g/mol. The average Bonchev–Trinajstić information content (AvgIpc) is 2.67. The number of nitrogens with one attached hydrogen (secondary N) is 1. The zero-order valence-corrected chi connectivity index (χ0v) is 13.8. The van der Waals surface area contributed by atoms with Crippen LogP contribution in [0.3, 0.4) is 0 Å². The Labute approximate surface area is 146 Å². The number of ether oxygens (including phenoxy) is 1. The molecule has 4 nitrogen and oxygen atoms in total. The SMILES string of the molecule is COc1ccccc1C=C(C(=O)Nc1ccncc1)c1ccccc1. The second kappa shape index (κ2) is 7.93. The molecule has 124 valence electrons. The fourth-order valence-electron chi connectivity index (χ4n) is 2.47. The molecule has 0 fully saturated rings. The third-order valence-corrected chi connectivity index (χ3v) is 3.71. The highest BCUT2D eigenvalue weighted by molar-refractivity contribution is 6.29. The molecule has 1 aromatic heterocycles. The number of nitrogens with zero attached hydrogens (tertiary/aromatic N) is 1. The standard InChI is InChI=1S/C21H18N2O2/c1-25-20-10-6-5-9-17(20)15-19(16-7-3-2-4-8-16)21(24)23-18-11-13-22-14-12-18/h2-15H,1H3,(H,22,23,24). The number of carbonyl (C=O) groups excluding carboxylic acids is 1. The van der Waals surface area contributed by atoms with Gasteiger partial charge < -0.3 is 10.1 Å². The van der Waals surface area contributed by atoms with E-state index in [1.807, 2.05) is 60.7 Å². The number of anilines is 1. The number of hydrogen-bond acceptors (Lipinski definition) is 3. The van der Waals surface area contributed by atoms with Gasteiger partial charge in [-0.25, -0.2) is 0 Å². The summed E-state index contributed by atoms with van der Waals surface area (Å²) >= 11 is 0. The van der Waals surface area contributed by atoms with Gasteiger partial charge in [0.1, 0.15) is 5.75 Å². The van der Waals surface area contributed by atoms with Crippen LogP contribution in [0.2, 0.25) is 0 Å². The van der Waals surface area contributed by atoms with E-state index in [-0.39, 0.29) is 5.91 Å². The van der Waals surface area contributed by atoms with Crippen molar-refractivity contribution in [3.8, 4) is 5.75 Å². The molecule has 0 aliphatic carbocycles. The maximum absolute atomic E-state index is 12.9. The lowest BCUT2D eigenvalue weighted by Gasteiger charge is -2.11. The first-order valence-corrected chi connectivity index (χ1v) is 7.89. The number of hydrogen-bond donors (Lipinski definition) is 1. The van der Waals surface area contributed by atoms with E-state index in [0.29, 0.717) is 17.0 Å². The van der Waals surface area contributed by atoms with Gasteiger partial charge in [0.05, 0.1) is 7.11 Å². The van der Waals surface area contributed by atoms with E-state index in [1.165, 1.54) is 0 Å². The highest BCUT2D eigenvalue weighted by atomic mass is 16.5. The summed E-state index contributed by atoms with van der Waals surface area (Å²) in [6.07, 6.45) is 5.12. The van der Waals surface area contributed by atoms with E-state index >= 15 is 0 Å². The molecule has 0 aliphatic heterocycles. The molecule has 0 saturated carbocycles. The lowest BCUT2D eigenvalue weighted by molar-refractivity contribution is -0.111. The monoisotopic (exact) mass is 330 g/mol. The Morgan fingerprint density at radius 3 is 2.36 bits per heavy atom. The summed E-state index contributed by atoms with van der Waals surface area (Å²) in [5, 5.41) is 2.91. The van der Waals surface area contributed by atoms with Gasteiger partial charge in [-0.15, -0.1) is 0 Å². The van der Waals surface area contributed by atoms with Gasteiger partial charge in [-0.3, -0.25) is 9.78 Å². The van der Waals surface area contributed by atoms with Crippen LogP contribution in [-0.4, -0.2) is 18.0 Å². The van der Waals surface area contributed by atoms with Crippen molar-refractivity contribution >= 4 is 23.2 Å². The summed E-state index contributed by atoms with van der Waals surface area (Å²) in [4.78, 5) is 16.8. The Morgan fingerprint density at radius 2 is 1.64 bits per heavy atom. The van der Waals surface area contributed by atoms with Crippen molar-refractivity contribution in [2.24, 2.45) is 0 Å². The number of pyridine rings is 1. The Balaban J connectivity index is 2.01. The number of benzene rings is 2. The third kappa shape index (κ3) is 4.12. The summed E-state index contributed by atoms with van der Waals surface area (Å²) in [7, 11) is 1.62. The minimum Gasteiger partial charge on any atom is -0.496 e. The van der Waals surface area contributed by atoms with Crippen LogP contribution in [-0.2, 0) is 4.79 Å². The number of carbonyl (C=O) groups is 1. The fraction of sp³-hybridized carbons (Fsp3) is 0.0476. The molecule has 0 radical (unpaired) electrons. The molecule has 1 heterocycles. The van der Waals surface area contributed by atoms with Gasteiger partial charge in [-0.1, -0.05) is 48.5 Å². The van der Waals surface area contributed by atoms with Crippen molar-refractivity contribution in [2.45, 2.75) is 0 Å². The first-order chi connectivity index (χ1) is 12.3. The Kier molecular flexibility index (Phi) is 5.22. The number of amides is 1. The molecule has 3 rings (SSSR count). The predicted octanol–water partition coefficient (Wildman–Crippen LogP) is 4.27. The van der Waals surface area contributed by atoms with Crippen molar-refractivity contribution in [1.82, 2.24) is 4.98 Å². The van der Waals surface area contributed by atoms with Gasteiger partial charge in [0, 0.05) is 29.2 Å². The van der Waals surface area contributed by atoms with Crippen molar-refractivity contribution < 1.29 is 9.53 Å². The van der Waals surface area contributed by atoms with Crippen LogP contribution in [0.5, 0.6) is 5.75 Å². The zero-order valence-electron chi connectivity index (χ0n) is 13.8. The molecule has 25 heavy (non-hydrogen) atoms. The summed E-state index contributed by atoms with van der Waals surface area (Å²) in [5.74, 6) is 0.524. The lowest BCUT2D eigenvalue weighted by Crippen LogP contribution is -2.13. The van der Waals surface area contributed by atoms with Crippen LogP contribution in [0, 0.1) is 0 Å². The van der Waals surface area contributed by atoms with Crippen LogP contribution in [0.25, 0.3) is 11.6 Å². The molecule has 4 heteroatoms. The predicted molar refractivity (Wildman–Crippen MR) is 100 cm³/mol. The first kappa shape index (κ1) is 16.5. The second-order valence-electron chi connectivity index (χ2n) is 5.36. The van der Waals surface area contributed by atoms with Crippen molar-refractivity contribution in [3.05, 3.63) is 90.3 Å². The van der Waals surface area contributed by atoms with E-state index in [2.05, 4.69) is 10.3 Å². The van der Waals surface area contributed by atoms with Crippen LogP contribution in [0.1, 0.15) is 11.1 Å². The average molecular weight is 330 g/mol. The zero-order chi connectivity index (χ0) is 17.5. The normalized spacial score (nSPS) is 11.0. The largest absolute Gasteiger partial charge is 0.496 e. The summed E-state index contributed by atoms with van der Waals surface area (Å²) < 4.78 is 5.40. The molecular formula is C21H18N2O2. The lowest BCUT2D eigenvalue weighted by atomic mass is 10.0. The minimum absolute atomic E-state index is 0.191. The molecule has 0 spiro atoms. The Hall–Kier alpha value is -3.40. The van der Waals surface area contributed by atoms with Crippen molar-refractivity contribution in [1.29, 1.82) is 0 Å². The van der Waals surface area contributed by atoms with Gasteiger partial charge >= 0.3 is 0 Å². The summed E-state index contributed by atoms with van der Waals surface area (Å²) in [6, 6.07) is 20.7. The number of para-hydroxylation sites is 1. The fourth-order valence-corrected chi connectivity index (χ4v) is 2.47. The quantitative estimate of drug-likeness (QED) is 0.561. The van der Waals surface area contributed by atoms with Crippen molar-refractivity contribution in [2.75, 3.05) is 12.4 Å². The van der Waals surface area contributed by atoms with Gasteiger partial charge in [0.25, 0.3) is 5.91 Å². The highest BCUT2D eigenvalue weighted by Crippen LogP contribution is 2.25. The number of methoxy groups -OCH3 is 1.